The molecule has 2 aromatic heterocycles. The summed E-state index contributed by atoms with van der Waals surface area (Å²) >= 11 is 7.58. The molecule has 3 aromatic rings. The van der Waals surface area contributed by atoms with Gasteiger partial charge in [-0.05, 0) is 23.8 Å². The van der Waals surface area contributed by atoms with Crippen LogP contribution in [0, 0.1) is 5.82 Å². The molecule has 7 heteroatoms. The lowest BCUT2D eigenvalue weighted by molar-refractivity contribution is 0.625. The van der Waals surface area contributed by atoms with E-state index in [-0.39, 0.29) is 5.82 Å². The summed E-state index contributed by atoms with van der Waals surface area (Å²) in [5, 5.41) is 5.83. The molecule has 0 bridgehead atoms. The second kappa shape index (κ2) is 6.54. The van der Waals surface area contributed by atoms with Crippen molar-refractivity contribution in [1.82, 2.24) is 19.3 Å². The fraction of sp³-hybridized carbons (Fsp3) is 0.200. The van der Waals surface area contributed by atoms with E-state index in [9.17, 15) is 4.39 Å². The summed E-state index contributed by atoms with van der Waals surface area (Å²) in [4.78, 5) is 4.36. The molecule has 0 saturated heterocycles. The normalized spacial score (nSPS) is 11.0. The van der Waals surface area contributed by atoms with Crippen LogP contribution < -0.4 is 0 Å². The van der Waals surface area contributed by atoms with Crippen LogP contribution in [0.2, 0.25) is 5.15 Å². The molecule has 0 atom stereocenters. The van der Waals surface area contributed by atoms with Gasteiger partial charge in [-0.2, -0.15) is 5.10 Å². The van der Waals surface area contributed by atoms with Gasteiger partial charge in [0, 0.05) is 31.7 Å². The lowest BCUT2D eigenvalue weighted by Crippen LogP contribution is -2.00. The smallest absolute Gasteiger partial charge is 0.168 e. The molecule has 0 aliphatic carbocycles. The first kappa shape index (κ1) is 15.1. The van der Waals surface area contributed by atoms with Crippen LogP contribution in [0.4, 0.5) is 4.39 Å². The lowest BCUT2D eigenvalue weighted by Gasteiger charge is -2.07. The summed E-state index contributed by atoms with van der Waals surface area (Å²) in [7, 11) is 1.81. The first-order valence-corrected chi connectivity index (χ1v) is 8.05. The molecule has 3 rings (SSSR count). The van der Waals surface area contributed by atoms with E-state index in [4.69, 9.17) is 11.6 Å². The molecule has 0 aliphatic heterocycles. The predicted octanol–water partition coefficient (Wildman–Crippen LogP) is 3.75. The molecule has 0 aliphatic rings. The number of nitrogens with zero attached hydrogens (tertiary/aromatic N) is 4. The van der Waals surface area contributed by atoms with Gasteiger partial charge in [0.2, 0.25) is 0 Å². The number of hydrogen-bond acceptors (Lipinski definition) is 3. The number of thioether (sulfide) groups is 1. The Hall–Kier alpha value is -1.79. The van der Waals surface area contributed by atoms with Crippen LogP contribution in [0.5, 0.6) is 0 Å². The zero-order chi connectivity index (χ0) is 15.5. The number of aryl methyl sites for hydroxylation is 1. The minimum Gasteiger partial charge on any atom is -0.322 e. The lowest BCUT2D eigenvalue weighted by atomic mass is 10.2. The summed E-state index contributed by atoms with van der Waals surface area (Å²) in [5.74, 6) is 0.470. The second-order valence-corrected chi connectivity index (χ2v) is 6.16. The Labute approximate surface area is 136 Å². The van der Waals surface area contributed by atoms with Crippen molar-refractivity contribution in [3.8, 4) is 0 Å². The number of hydrogen-bond donors (Lipinski definition) is 0. The zero-order valence-electron chi connectivity index (χ0n) is 11.9. The van der Waals surface area contributed by atoms with E-state index in [1.165, 1.54) is 12.1 Å². The van der Waals surface area contributed by atoms with Crippen molar-refractivity contribution in [2.45, 2.75) is 17.5 Å². The quantitative estimate of drug-likeness (QED) is 0.666. The molecular formula is C15H14ClFN4S. The number of benzene rings is 1. The summed E-state index contributed by atoms with van der Waals surface area (Å²) in [6.07, 6.45) is 3.67. The molecule has 0 amide bonds. The van der Waals surface area contributed by atoms with Gasteiger partial charge in [-0.3, -0.25) is 4.68 Å². The molecule has 0 unspecified atom stereocenters. The number of aromatic nitrogens is 4. The molecular weight excluding hydrogens is 323 g/mol. The van der Waals surface area contributed by atoms with E-state index < -0.39 is 0 Å². The van der Waals surface area contributed by atoms with Crippen LogP contribution in [-0.2, 0) is 19.3 Å². The molecule has 0 radical (unpaired) electrons. The Morgan fingerprint density at radius 3 is 2.73 bits per heavy atom. The van der Waals surface area contributed by atoms with Crippen LogP contribution in [0.15, 0.2) is 47.9 Å². The average molecular weight is 337 g/mol. The van der Waals surface area contributed by atoms with Gasteiger partial charge in [0.05, 0.1) is 5.69 Å². The molecule has 4 nitrogen and oxygen atoms in total. The number of rotatable bonds is 5. The minimum absolute atomic E-state index is 0.226. The third kappa shape index (κ3) is 3.51. The SMILES string of the molecule is Cn1nc(CSc2nccn2Cc2ccc(F)cc2)cc1Cl. The van der Waals surface area contributed by atoms with Crippen molar-refractivity contribution in [2.24, 2.45) is 7.05 Å². The van der Waals surface area contributed by atoms with Crippen LogP contribution in [0.25, 0.3) is 0 Å². The molecule has 0 N–H and O–H groups in total. The highest BCUT2D eigenvalue weighted by Crippen LogP contribution is 2.22. The van der Waals surface area contributed by atoms with Gasteiger partial charge in [0.25, 0.3) is 0 Å². The fourth-order valence-electron chi connectivity index (χ4n) is 2.05. The average Bonchev–Trinajstić information content (AvgIpc) is 3.06. The third-order valence-corrected chi connectivity index (χ3v) is 4.56. The number of imidazole rings is 1. The first-order valence-electron chi connectivity index (χ1n) is 6.68. The number of halogens is 2. The Kier molecular flexibility index (Phi) is 4.49. The van der Waals surface area contributed by atoms with Crippen LogP contribution in [-0.4, -0.2) is 19.3 Å². The molecule has 1 aromatic carbocycles. The topological polar surface area (TPSA) is 35.6 Å². The highest BCUT2D eigenvalue weighted by atomic mass is 35.5. The standard InChI is InChI=1S/C15H14ClFN4S/c1-20-14(16)8-13(19-20)10-22-15-18-6-7-21(15)9-11-2-4-12(17)5-3-11/h2-8H,9-10H2,1H3. The van der Waals surface area contributed by atoms with Gasteiger partial charge < -0.3 is 4.57 Å². The van der Waals surface area contributed by atoms with Gasteiger partial charge in [-0.25, -0.2) is 9.37 Å². The Morgan fingerprint density at radius 2 is 2.05 bits per heavy atom. The summed E-state index contributed by atoms with van der Waals surface area (Å²) < 4.78 is 16.6. The van der Waals surface area contributed by atoms with E-state index in [1.807, 2.05) is 23.9 Å². The molecule has 0 fully saturated rings. The van der Waals surface area contributed by atoms with Crippen molar-refractivity contribution in [3.05, 3.63) is 65.0 Å². The predicted molar refractivity (Wildman–Crippen MR) is 85.5 cm³/mol. The van der Waals surface area contributed by atoms with Gasteiger partial charge in [0.1, 0.15) is 11.0 Å². The Bertz CT molecular complexity index is 747. The van der Waals surface area contributed by atoms with Gasteiger partial charge in [-0.15, -0.1) is 0 Å². The Morgan fingerprint density at radius 1 is 1.27 bits per heavy atom. The first-order chi connectivity index (χ1) is 10.6. The third-order valence-electron chi connectivity index (χ3n) is 3.17. The van der Waals surface area contributed by atoms with E-state index in [0.717, 1.165) is 16.4 Å². The monoisotopic (exact) mass is 336 g/mol. The van der Waals surface area contributed by atoms with Gasteiger partial charge in [-0.1, -0.05) is 35.5 Å². The molecule has 22 heavy (non-hydrogen) atoms. The maximum atomic E-state index is 12.9. The van der Waals surface area contributed by atoms with Crippen molar-refractivity contribution < 1.29 is 4.39 Å². The Balaban J connectivity index is 1.68. The molecule has 0 saturated carbocycles. The van der Waals surface area contributed by atoms with E-state index >= 15 is 0 Å². The maximum Gasteiger partial charge on any atom is 0.168 e. The fourth-order valence-corrected chi connectivity index (χ4v) is 3.06. The highest BCUT2D eigenvalue weighted by molar-refractivity contribution is 7.98. The largest absolute Gasteiger partial charge is 0.322 e. The van der Waals surface area contributed by atoms with Crippen molar-refractivity contribution in [2.75, 3.05) is 0 Å². The van der Waals surface area contributed by atoms with Crippen molar-refractivity contribution in [1.29, 1.82) is 0 Å². The van der Waals surface area contributed by atoms with E-state index in [1.54, 1.807) is 34.8 Å². The summed E-state index contributed by atoms with van der Waals surface area (Å²) in [6.45, 7) is 0.658. The molecule has 2 heterocycles. The zero-order valence-corrected chi connectivity index (χ0v) is 13.5. The van der Waals surface area contributed by atoms with Gasteiger partial charge >= 0.3 is 0 Å². The van der Waals surface area contributed by atoms with Crippen molar-refractivity contribution in [3.63, 3.8) is 0 Å². The van der Waals surface area contributed by atoms with Gasteiger partial charge in [0.15, 0.2) is 5.16 Å². The molecule has 0 spiro atoms. The van der Waals surface area contributed by atoms with Crippen LogP contribution in [0.3, 0.4) is 0 Å². The maximum absolute atomic E-state index is 12.9. The minimum atomic E-state index is -0.226. The van der Waals surface area contributed by atoms with E-state index in [0.29, 0.717) is 17.5 Å². The van der Waals surface area contributed by atoms with Crippen molar-refractivity contribution >= 4 is 23.4 Å². The summed E-state index contributed by atoms with van der Waals surface area (Å²) in [5.41, 5.74) is 1.94. The van der Waals surface area contributed by atoms with Crippen LogP contribution in [0.1, 0.15) is 11.3 Å². The van der Waals surface area contributed by atoms with Crippen LogP contribution >= 0.6 is 23.4 Å². The second-order valence-electron chi connectivity index (χ2n) is 4.83. The van der Waals surface area contributed by atoms with E-state index in [2.05, 4.69) is 10.1 Å². The highest BCUT2D eigenvalue weighted by Gasteiger charge is 2.08. The molecule has 114 valence electrons. The summed E-state index contributed by atoms with van der Waals surface area (Å²) in [6, 6.07) is 8.34.